The van der Waals surface area contributed by atoms with E-state index < -0.39 is 0 Å². The predicted octanol–water partition coefficient (Wildman–Crippen LogP) is 2.53. The summed E-state index contributed by atoms with van der Waals surface area (Å²) in [6.07, 6.45) is 7.63. The number of aryl methyl sites for hydroxylation is 1. The van der Waals surface area contributed by atoms with E-state index in [0.717, 1.165) is 25.9 Å². The maximum absolute atomic E-state index is 12.4. The van der Waals surface area contributed by atoms with Gasteiger partial charge in [-0.3, -0.25) is 4.79 Å². The van der Waals surface area contributed by atoms with E-state index >= 15 is 0 Å². The number of carbonyl (C=O) groups is 1. The molecule has 3 rings (SSSR count). The number of rotatable bonds is 3. The minimum atomic E-state index is 0.00531. The van der Waals surface area contributed by atoms with Gasteiger partial charge in [-0.15, -0.1) is 0 Å². The second kappa shape index (κ2) is 6.55. The van der Waals surface area contributed by atoms with Gasteiger partial charge in [0, 0.05) is 31.5 Å². The Bertz CT molecular complexity index is 630. The van der Waals surface area contributed by atoms with Gasteiger partial charge in [-0.25, -0.2) is 9.97 Å². The maximum atomic E-state index is 12.4. The van der Waals surface area contributed by atoms with Gasteiger partial charge in [0.25, 0.3) is 5.91 Å². The number of nitrogens with one attached hydrogen (secondary N) is 1. The van der Waals surface area contributed by atoms with E-state index in [9.17, 15) is 4.79 Å². The van der Waals surface area contributed by atoms with Crippen LogP contribution in [0.3, 0.4) is 0 Å². The summed E-state index contributed by atoms with van der Waals surface area (Å²) in [4.78, 5) is 22.7. The van der Waals surface area contributed by atoms with E-state index in [1.165, 1.54) is 12.8 Å². The van der Waals surface area contributed by atoms with Crippen molar-refractivity contribution in [2.75, 3.05) is 18.4 Å². The minimum absolute atomic E-state index is 0.00531. The molecule has 3 heterocycles. The quantitative estimate of drug-likeness (QED) is 0.937. The average molecular weight is 301 g/mol. The van der Waals surface area contributed by atoms with Gasteiger partial charge in [0.15, 0.2) is 5.82 Å². The van der Waals surface area contributed by atoms with Crippen LogP contribution in [0.15, 0.2) is 23.0 Å². The van der Waals surface area contributed by atoms with Crippen LogP contribution in [0.1, 0.15) is 41.8 Å². The highest BCUT2D eigenvalue weighted by atomic mass is 16.5. The third kappa shape index (κ3) is 3.41. The third-order valence-electron chi connectivity index (χ3n) is 3.66. The van der Waals surface area contributed by atoms with Gasteiger partial charge in [0.1, 0.15) is 5.76 Å². The van der Waals surface area contributed by atoms with Gasteiger partial charge >= 0.3 is 0 Å². The molecule has 1 aliphatic rings. The van der Waals surface area contributed by atoms with Gasteiger partial charge in [-0.1, -0.05) is 18.0 Å². The highest BCUT2D eigenvalue weighted by Crippen LogP contribution is 2.15. The first kappa shape index (κ1) is 14.5. The van der Waals surface area contributed by atoms with Crippen LogP contribution in [0.25, 0.3) is 0 Å². The number of likely N-dealkylation sites (tertiary alicyclic amines) is 1. The van der Waals surface area contributed by atoms with Crippen LogP contribution in [-0.4, -0.2) is 39.0 Å². The molecule has 7 nitrogen and oxygen atoms in total. The van der Waals surface area contributed by atoms with Crippen LogP contribution >= 0.6 is 0 Å². The SMILES string of the molecule is Cc1cc(Nc2ncc(C(=O)N3CCCCCC3)cn2)no1. The van der Waals surface area contributed by atoms with Crippen molar-refractivity contribution in [3.05, 3.63) is 29.8 Å². The van der Waals surface area contributed by atoms with Crippen molar-refractivity contribution in [2.45, 2.75) is 32.6 Å². The van der Waals surface area contributed by atoms with Crippen molar-refractivity contribution in [2.24, 2.45) is 0 Å². The summed E-state index contributed by atoms with van der Waals surface area (Å²) >= 11 is 0. The maximum Gasteiger partial charge on any atom is 0.256 e. The summed E-state index contributed by atoms with van der Waals surface area (Å²) < 4.78 is 4.96. The molecule has 116 valence electrons. The lowest BCUT2D eigenvalue weighted by Gasteiger charge is -2.19. The van der Waals surface area contributed by atoms with E-state index in [0.29, 0.717) is 23.1 Å². The number of amides is 1. The molecule has 2 aromatic rings. The van der Waals surface area contributed by atoms with E-state index in [1.807, 2.05) is 11.8 Å². The van der Waals surface area contributed by atoms with Gasteiger partial charge < -0.3 is 14.7 Å². The van der Waals surface area contributed by atoms with Gasteiger partial charge in [0.05, 0.1) is 5.56 Å². The lowest BCUT2D eigenvalue weighted by Crippen LogP contribution is -2.32. The molecule has 1 N–H and O–H groups in total. The smallest absolute Gasteiger partial charge is 0.256 e. The molecule has 2 aromatic heterocycles. The van der Waals surface area contributed by atoms with Crippen molar-refractivity contribution in [1.29, 1.82) is 0 Å². The standard InChI is InChI=1S/C15H19N5O2/c1-11-8-13(19-22-11)18-15-16-9-12(10-17-15)14(21)20-6-4-2-3-5-7-20/h8-10H,2-7H2,1H3,(H,16,17,18,19). The van der Waals surface area contributed by atoms with Crippen LogP contribution in [0.2, 0.25) is 0 Å². The molecule has 0 saturated carbocycles. The Balaban J connectivity index is 1.66. The van der Waals surface area contributed by atoms with Gasteiger partial charge in [0.2, 0.25) is 5.95 Å². The normalized spacial score (nSPS) is 15.4. The molecule has 0 unspecified atom stereocenters. The molecular weight excluding hydrogens is 282 g/mol. The fraction of sp³-hybridized carbons (Fsp3) is 0.467. The molecule has 1 amide bonds. The number of anilines is 2. The van der Waals surface area contributed by atoms with E-state index in [-0.39, 0.29) is 5.91 Å². The number of hydrogen-bond donors (Lipinski definition) is 1. The van der Waals surface area contributed by atoms with Crippen molar-refractivity contribution >= 4 is 17.7 Å². The molecule has 1 aliphatic heterocycles. The number of nitrogens with zero attached hydrogens (tertiary/aromatic N) is 4. The number of aromatic nitrogens is 3. The zero-order chi connectivity index (χ0) is 15.4. The van der Waals surface area contributed by atoms with Crippen molar-refractivity contribution in [1.82, 2.24) is 20.0 Å². The van der Waals surface area contributed by atoms with Gasteiger partial charge in [-0.2, -0.15) is 0 Å². The largest absolute Gasteiger partial charge is 0.360 e. The monoisotopic (exact) mass is 301 g/mol. The molecule has 0 bridgehead atoms. The first-order valence-electron chi connectivity index (χ1n) is 7.54. The highest BCUT2D eigenvalue weighted by Gasteiger charge is 2.18. The van der Waals surface area contributed by atoms with E-state index in [4.69, 9.17) is 4.52 Å². The lowest BCUT2D eigenvalue weighted by molar-refractivity contribution is 0.0761. The molecule has 7 heteroatoms. The average Bonchev–Trinajstić information content (AvgIpc) is 2.78. The Kier molecular flexibility index (Phi) is 4.32. The molecular formula is C15H19N5O2. The summed E-state index contributed by atoms with van der Waals surface area (Å²) in [7, 11) is 0. The third-order valence-corrected chi connectivity index (χ3v) is 3.66. The number of hydrogen-bond acceptors (Lipinski definition) is 6. The second-order valence-electron chi connectivity index (χ2n) is 5.45. The summed E-state index contributed by atoms with van der Waals surface area (Å²) in [5.74, 6) is 1.64. The molecule has 0 aliphatic carbocycles. The summed E-state index contributed by atoms with van der Waals surface area (Å²) in [5.41, 5.74) is 0.517. The zero-order valence-electron chi connectivity index (χ0n) is 12.6. The first-order chi connectivity index (χ1) is 10.7. The van der Waals surface area contributed by atoms with Crippen molar-refractivity contribution < 1.29 is 9.32 Å². The molecule has 1 saturated heterocycles. The van der Waals surface area contributed by atoms with Crippen molar-refractivity contribution in [3.63, 3.8) is 0 Å². The number of carbonyl (C=O) groups excluding carboxylic acids is 1. The van der Waals surface area contributed by atoms with Crippen LogP contribution in [-0.2, 0) is 0 Å². The van der Waals surface area contributed by atoms with Gasteiger partial charge in [-0.05, 0) is 19.8 Å². The molecule has 22 heavy (non-hydrogen) atoms. The lowest BCUT2D eigenvalue weighted by atomic mass is 10.2. The summed E-state index contributed by atoms with van der Waals surface area (Å²) in [5, 5.41) is 6.74. The molecule has 0 atom stereocenters. The van der Waals surface area contributed by atoms with Crippen molar-refractivity contribution in [3.8, 4) is 0 Å². The second-order valence-corrected chi connectivity index (χ2v) is 5.45. The summed E-state index contributed by atoms with van der Waals surface area (Å²) in [6.45, 7) is 3.44. The zero-order valence-corrected chi connectivity index (χ0v) is 12.6. The van der Waals surface area contributed by atoms with E-state index in [2.05, 4.69) is 20.4 Å². The Labute approximate surface area is 128 Å². The molecule has 0 aromatic carbocycles. The van der Waals surface area contributed by atoms with Crippen LogP contribution in [0, 0.1) is 6.92 Å². The summed E-state index contributed by atoms with van der Waals surface area (Å²) in [6, 6.07) is 1.75. The Morgan fingerprint density at radius 3 is 2.45 bits per heavy atom. The minimum Gasteiger partial charge on any atom is -0.360 e. The van der Waals surface area contributed by atoms with E-state index in [1.54, 1.807) is 18.5 Å². The Hall–Kier alpha value is -2.44. The fourth-order valence-electron chi connectivity index (χ4n) is 2.50. The predicted molar refractivity (Wildman–Crippen MR) is 80.9 cm³/mol. The highest BCUT2D eigenvalue weighted by molar-refractivity contribution is 5.93. The molecule has 0 spiro atoms. The Morgan fingerprint density at radius 2 is 1.86 bits per heavy atom. The van der Waals surface area contributed by atoms with Crippen LogP contribution < -0.4 is 5.32 Å². The molecule has 1 fully saturated rings. The van der Waals surface area contributed by atoms with Crippen LogP contribution in [0.5, 0.6) is 0 Å². The fourth-order valence-corrected chi connectivity index (χ4v) is 2.50. The first-order valence-corrected chi connectivity index (χ1v) is 7.54. The topological polar surface area (TPSA) is 84.2 Å². The Morgan fingerprint density at radius 1 is 1.18 bits per heavy atom. The van der Waals surface area contributed by atoms with Crippen LogP contribution in [0.4, 0.5) is 11.8 Å². The molecule has 0 radical (unpaired) electrons.